The summed E-state index contributed by atoms with van der Waals surface area (Å²) in [5.41, 5.74) is 0. The van der Waals surface area contributed by atoms with E-state index in [1.165, 1.54) is 0 Å². The summed E-state index contributed by atoms with van der Waals surface area (Å²) in [5, 5.41) is 0. The molecular formula is C9H14NO2+. The molecule has 66 valence electrons. The van der Waals surface area contributed by atoms with Gasteiger partial charge in [-0.05, 0) is 19.9 Å². The van der Waals surface area contributed by atoms with E-state index in [9.17, 15) is 0 Å². The lowest BCUT2D eigenvalue weighted by Crippen LogP contribution is -2.41. The van der Waals surface area contributed by atoms with Crippen molar-refractivity contribution in [2.24, 2.45) is 0 Å². The van der Waals surface area contributed by atoms with Gasteiger partial charge in [-0.15, -0.1) is 0 Å². The van der Waals surface area contributed by atoms with Crippen LogP contribution >= 0.6 is 0 Å². The highest BCUT2D eigenvalue weighted by Gasteiger charge is 2.02. The maximum atomic E-state index is 5.29. The van der Waals surface area contributed by atoms with E-state index in [0.717, 1.165) is 5.75 Å². The van der Waals surface area contributed by atoms with Gasteiger partial charge in [0.05, 0.1) is 6.61 Å². The van der Waals surface area contributed by atoms with Gasteiger partial charge in [-0.3, -0.25) is 4.84 Å². The number of pyridine rings is 1. The van der Waals surface area contributed by atoms with Gasteiger partial charge in [-0.25, -0.2) is 0 Å². The maximum Gasteiger partial charge on any atom is 0.264 e. The molecule has 1 heterocycles. The molecule has 1 aromatic rings. The number of nitrogens with zero attached hydrogens (tertiary/aromatic N) is 1. The highest BCUT2D eigenvalue weighted by molar-refractivity contribution is 5.12. The molecule has 0 amide bonds. The molecule has 0 atom stereocenters. The Morgan fingerprint density at radius 3 is 2.83 bits per heavy atom. The smallest absolute Gasteiger partial charge is 0.264 e. The Hall–Kier alpha value is -1.25. The van der Waals surface area contributed by atoms with E-state index in [1.807, 2.05) is 38.4 Å². The molecule has 3 heteroatoms. The van der Waals surface area contributed by atoms with Crippen molar-refractivity contribution in [1.82, 2.24) is 0 Å². The highest BCUT2D eigenvalue weighted by Crippen LogP contribution is 2.03. The van der Waals surface area contributed by atoms with Gasteiger partial charge in [0, 0.05) is 10.8 Å². The Morgan fingerprint density at radius 2 is 2.17 bits per heavy atom. The lowest BCUT2D eigenvalue weighted by Gasteiger charge is -1.99. The van der Waals surface area contributed by atoms with E-state index < -0.39 is 0 Å². The quantitative estimate of drug-likeness (QED) is 0.621. The standard InChI is InChI=1S/C9H14NO2/c1-3-11-9-6-5-7-10(8-9)12-4-2/h5-8H,3-4H2,1-2H3/q+1. The van der Waals surface area contributed by atoms with Crippen LogP contribution in [0.5, 0.6) is 5.75 Å². The first-order valence-corrected chi connectivity index (χ1v) is 4.14. The van der Waals surface area contributed by atoms with Gasteiger partial charge in [-0.1, -0.05) is 0 Å². The summed E-state index contributed by atoms with van der Waals surface area (Å²) in [5.74, 6) is 0.827. The first-order valence-electron chi connectivity index (χ1n) is 4.14. The molecule has 12 heavy (non-hydrogen) atoms. The lowest BCUT2D eigenvalue weighted by atomic mass is 10.5. The van der Waals surface area contributed by atoms with Crippen molar-refractivity contribution in [3.63, 3.8) is 0 Å². The van der Waals surface area contributed by atoms with Crippen molar-refractivity contribution in [3.8, 4) is 5.75 Å². The third kappa shape index (κ3) is 2.42. The molecule has 0 aliphatic heterocycles. The molecule has 3 nitrogen and oxygen atoms in total. The van der Waals surface area contributed by atoms with Crippen LogP contribution in [0.25, 0.3) is 0 Å². The molecule has 0 spiro atoms. The summed E-state index contributed by atoms with van der Waals surface area (Å²) in [6, 6.07) is 3.79. The van der Waals surface area contributed by atoms with Crippen molar-refractivity contribution in [2.75, 3.05) is 13.2 Å². The first kappa shape index (κ1) is 8.84. The topological polar surface area (TPSA) is 22.3 Å². The monoisotopic (exact) mass is 168 g/mol. The van der Waals surface area contributed by atoms with Crippen LogP contribution in [0.3, 0.4) is 0 Å². The fourth-order valence-electron chi connectivity index (χ4n) is 0.916. The van der Waals surface area contributed by atoms with E-state index in [1.54, 1.807) is 4.73 Å². The molecule has 0 aliphatic rings. The zero-order valence-electron chi connectivity index (χ0n) is 7.49. The minimum absolute atomic E-state index is 0.653. The van der Waals surface area contributed by atoms with Crippen LogP contribution in [-0.2, 0) is 0 Å². The molecule has 0 radical (unpaired) electrons. The average molecular weight is 168 g/mol. The summed E-state index contributed by atoms with van der Waals surface area (Å²) in [6.45, 7) is 5.23. The fourth-order valence-corrected chi connectivity index (χ4v) is 0.916. The molecule has 0 saturated heterocycles. The van der Waals surface area contributed by atoms with Crippen molar-refractivity contribution in [1.29, 1.82) is 0 Å². The van der Waals surface area contributed by atoms with Crippen molar-refractivity contribution < 1.29 is 14.3 Å². The Balaban J connectivity index is 2.67. The van der Waals surface area contributed by atoms with Crippen LogP contribution in [-0.4, -0.2) is 13.2 Å². The minimum atomic E-state index is 0.653. The normalized spacial score (nSPS) is 9.50. The number of aromatic nitrogens is 1. The number of rotatable bonds is 4. The van der Waals surface area contributed by atoms with E-state index in [0.29, 0.717) is 13.2 Å². The van der Waals surface area contributed by atoms with Gasteiger partial charge in [0.25, 0.3) is 6.20 Å². The second-order valence-corrected chi connectivity index (χ2v) is 2.25. The predicted molar refractivity (Wildman–Crippen MR) is 44.9 cm³/mol. The predicted octanol–water partition coefficient (Wildman–Crippen LogP) is 0.821. The lowest BCUT2D eigenvalue weighted by molar-refractivity contribution is -0.891. The van der Waals surface area contributed by atoms with Gasteiger partial charge >= 0.3 is 0 Å². The van der Waals surface area contributed by atoms with Crippen molar-refractivity contribution in [3.05, 3.63) is 24.5 Å². The van der Waals surface area contributed by atoms with Crippen LogP contribution in [0, 0.1) is 0 Å². The van der Waals surface area contributed by atoms with E-state index in [2.05, 4.69) is 0 Å². The van der Waals surface area contributed by atoms with Crippen LogP contribution in [0.1, 0.15) is 13.8 Å². The molecule has 0 aliphatic carbocycles. The third-order valence-corrected chi connectivity index (χ3v) is 1.34. The summed E-state index contributed by atoms with van der Waals surface area (Å²) in [4.78, 5) is 5.23. The zero-order valence-corrected chi connectivity index (χ0v) is 7.49. The van der Waals surface area contributed by atoms with Gasteiger partial charge in [0.2, 0.25) is 6.20 Å². The van der Waals surface area contributed by atoms with Gasteiger partial charge < -0.3 is 4.74 Å². The second-order valence-electron chi connectivity index (χ2n) is 2.25. The van der Waals surface area contributed by atoms with E-state index >= 15 is 0 Å². The molecule has 0 aromatic carbocycles. The van der Waals surface area contributed by atoms with Gasteiger partial charge in [0.15, 0.2) is 12.4 Å². The Bertz CT molecular complexity index is 216. The van der Waals surface area contributed by atoms with Crippen molar-refractivity contribution in [2.45, 2.75) is 13.8 Å². The average Bonchev–Trinajstić information content (AvgIpc) is 2.06. The molecule has 0 N–H and O–H groups in total. The Kier molecular flexibility index (Phi) is 3.38. The first-order chi connectivity index (χ1) is 5.86. The summed E-state index contributed by atoms with van der Waals surface area (Å²) < 4.78 is 6.94. The summed E-state index contributed by atoms with van der Waals surface area (Å²) in [6.07, 6.45) is 3.65. The molecule has 1 rings (SSSR count). The molecule has 0 fully saturated rings. The summed E-state index contributed by atoms with van der Waals surface area (Å²) >= 11 is 0. The number of hydrogen-bond acceptors (Lipinski definition) is 2. The molecular weight excluding hydrogens is 154 g/mol. The van der Waals surface area contributed by atoms with E-state index in [4.69, 9.17) is 9.57 Å². The SMILES string of the molecule is CCOc1ccc[n+](OCC)c1. The van der Waals surface area contributed by atoms with E-state index in [-0.39, 0.29) is 0 Å². The summed E-state index contributed by atoms with van der Waals surface area (Å²) in [7, 11) is 0. The molecule has 1 aromatic heterocycles. The van der Waals surface area contributed by atoms with Crippen LogP contribution < -0.4 is 14.3 Å². The third-order valence-electron chi connectivity index (χ3n) is 1.34. The largest absolute Gasteiger partial charge is 0.488 e. The molecule has 0 unspecified atom stereocenters. The fraction of sp³-hybridized carbons (Fsp3) is 0.444. The Labute approximate surface area is 72.5 Å². The second kappa shape index (κ2) is 4.59. The number of hydrogen-bond donors (Lipinski definition) is 0. The van der Waals surface area contributed by atoms with Crippen LogP contribution in [0.15, 0.2) is 24.5 Å². The maximum absolute atomic E-state index is 5.29. The molecule has 0 bridgehead atoms. The number of ether oxygens (including phenoxy) is 1. The van der Waals surface area contributed by atoms with Gasteiger partial charge in [-0.2, -0.15) is 0 Å². The zero-order chi connectivity index (χ0) is 8.81. The van der Waals surface area contributed by atoms with Crippen molar-refractivity contribution >= 4 is 0 Å². The van der Waals surface area contributed by atoms with Crippen LogP contribution in [0.2, 0.25) is 0 Å². The highest BCUT2D eigenvalue weighted by atomic mass is 16.7. The molecule has 0 saturated carbocycles. The minimum Gasteiger partial charge on any atom is -0.488 e. The Morgan fingerprint density at radius 1 is 1.33 bits per heavy atom. The van der Waals surface area contributed by atoms with Crippen LogP contribution in [0.4, 0.5) is 0 Å². The van der Waals surface area contributed by atoms with Gasteiger partial charge in [0.1, 0.15) is 0 Å².